The van der Waals surface area contributed by atoms with Crippen LogP contribution in [0.3, 0.4) is 0 Å². The molecule has 0 saturated carbocycles. The number of fused-ring (bicyclic) bond motifs is 3. The molecule has 0 fully saturated rings. The van der Waals surface area contributed by atoms with Crippen molar-refractivity contribution in [2.24, 2.45) is 7.05 Å². The Kier molecular flexibility index (Phi) is 7.84. The largest absolute Gasteiger partial charge is 0.466 e. The molecule has 0 radical (unpaired) electrons. The summed E-state index contributed by atoms with van der Waals surface area (Å²) in [5.74, 6) is -0.282. The molecular formula is C35H40N4O3. The number of carbonyl (C=O) groups is 2. The predicted molar refractivity (Wildman–Crippen MR) is 164 cm³/mol. The van der Waals surface area contributed by atoms with Crippen LogP contribution in [-0.4, -0.2) is 44.9 Å². The Labute approximate surface area is 247 Å². The van der Waals surface area contributed by atoms with Gasteiger partial charge in [-0.25, -0.2) is 4.68 Å². The van der Waals surface area contributed by atoms with Crippen LogP contribution in [0.1, 0.15) is 93.9 Å². The van der Waals surface area contributed by atoms with E-state index in [-0.39, 0.29) is 24.2 Å². The van der Waals surface area contributed by atoms with Crippen LogP contribution < -0.4 is 0 Å². The lowest BCUT2D eigenvalue weighted by Gasteiger charge is -2.32. The first-order valence-electron chi connectivity index (χ1n) is 15.4. The number of aryl methyl sites for hydroxylation is 3. The summed E-state index contributed by atoms with van der Waals surface area (Å²) in [4.78, 5) is 28.8. The van der Waals surface area contributed by atoms with E-state index in [1.165, 1.54) is 28.7 Å². The number of ether oxygens (including phenoxy) is 1. The number of hydrogen-bond acceptors (Lipinski definition) is 5. The molecule has 1 aliphatic carbocycles. The van der Waals surface area contributed by atoms with Gasteiger partial charge in [-0.05, 0) is 109 Å². The molecule has 3 aromatic carbocycles. The van der Waals surface area contributed by atoms with Gasteiger partial charge in [0.1, 0.15) is 5.52 Å². The molecule has 0 spiro atoms. The maximum Gasteiger partial charge on any atom is 0.306 e. The van der Waals surface area contributed by atoms with E-state index < -0.39 is 0 Å². The van der Waals surface area contributed by atoms with Gasteiger partial charge in [0.2, 0.25) is 0 Å². The molecule has 6 rings (SSSR count). The lowest BCUT2D eigenvalue weighted by atomic mass is 9.83. The number of aromatic nitrogens is 3. The van der Waals surface area contributed by atoms with Gasteiger partial charge >= 0.3 is 5.97 Å². The molecule has 1 atom stereocenters. The quantitative estimate of drug-likeness (QED) is 0.257. The number of nitrogens with zero attached hydrogens (tertiary/aromatic N) is 4. The number of rotatable bonds is 7. The highest BCUT2D eigenvalue weighted by Crippen LogP contribution is 2.36. The molecule has 1 unspecified atom stereocenters. The van der Waals surface area contributed by atoms with E-state index >= 15 is 0 Å². The third-order valence-corrected chi connectivity index (χ3v) is 9.31. The summed E-state index contributed by atoms with van der Waals surface area (Å²) in [5, 5.41) is 8.59. The second-order valence-electron chi connectivity index (χ2n) is 11.7. The lowest BCUT2D eigenvalue weighted by Crippen LogP contribution is -2.37. The zero-order valence-electron chi connectivity index (χ0n) is 25.2. The van der Waals surface area contributed by atoms with E-state index in [2.05, 4.69) is 53.6 Å². The zero-order valence-corrected chi connectivity index (χ0v) is 25.2. The van der Waals surface area contributed by atoms with Gasteiger partial charge in [-0.3, -0.25) is 9.59 Å². The minimum absolute atomic E-state index is 0.138. The van der Waals surface area contributed by atoms with E-state index in [0.29, 0.717) is 19.7 Å². The molecule has 42 heavy (non-hydrogen) atoms. The molecule has 0 N–H and O–H groups in total. The van der Waals surface area contributed by atoms with Gasteiger partial charge in [-0.15, -0.1) is 5.10 Å². The first kappa shape index (κ1) is 28.1. The van der Waals surface area contributed by atoms with E-state index in [9.17, 15) is 9.59 Å². The van der Waals surface area contributed by atoms with Crippen molar-refractivity contribution in [3.63, 3.8) is 0 Å². The minimum Gasteiger partial charge on any atom is -0.466 e. The normalized spacial score (nSPS) is 15.3. The van der Waals surface area contributed by atoms with Gasteiger partial charge in [-0.2, -0.15) is 0 Å². The van der Waals surface area contributed by atoms with Gasteiger partial charge in [0.05, 0.1) is 18.5 Å². The van der Waals surface area contributed by atoms with Crippen molar-refractivity contribution in [2.45, 2.75) is 78.2 Å². The maximum absolute atomic E-state index is 14.0. The summed E-state index contributed by atoms with van der Waals surface area (Å²) < 4.78 is 7.16. The van der Waals surface area contributed by atoms with Crippen LogP contribution in [0.5, 0.6) is 0 Å². The van der Waals surface area contributed by atoms with Gasteiger partial charge < -0.3 is 9.64 Å². The number of hydrogen-bond donors (Lipinski definition) is 0. The summed E-state index contributed by atoms with van der Waals surface area (Å²) in [6.45, 7) is 7.71. The third kappa shape index (κ3) is 5.10. The fraction of sp³-hybridized carbons (Fsp3) is 0.429. The van der Waals surface area contributed by atoms with Crippen LogP contribution in [0, 0.1) is 6.92 Å². The predicted octanol–water partition coefficient (Wildman–Crippen LogP) is 6.00. The van der Waals surface area contributed by atoms with Crippen molar-refractivity contribution in [3.05, 3.63) is 92.5 Å². The van der Waals surface area contributed by atoms with Gasteiger partial charge in [0.25, 0.3) is 5.91 Å². The van der Waals surface area contributed by atoms with Crippen LogP contribution in [0.2, 0.25) is 0 Å². The molecule has 2 heterocycles. The summed E-state index contributed by atoms with van der Waals surface area (Å²) in [6, 6.07) is 14.9. The fourth-order valence-electron chi connectivity index (χ4n) is 7.03. The number of benzene rings is 3. The summed E-state index contributed by atoms with van der Waals surface area (Å²) in [5.41, 5.74) is 12.3. The molecule has 2 aliphatic rings. The van der Waals surface area contributed by atoms with E-state index in [1.54, 1.807) is 4.68 Å². The Balaban J connectivity index is 1.33. The van der Waals surface area contributed by atoms with Crippen LogP contribution >= 0.6 is 0 Å². The Morgan fingerprint density at radius 3 is 2.57 bits per heavy atom. The monoisotopic (exact) mass is 564 g/mol. The minimum atomic E-state index is -0.226. The number of carbonyl (C=O) groups excluding carboxylic acids is 2. The van der Waals surface area contributed by atoms with E-state index in [4.69, 9.17) is 4.74 Å². The van der Waals surface area contributed by atoms with Crippen LogP contribution in [0.15, 0.2) is 42.5 Å². The Hall–Kier alpha value is -4.00. The van der Waals surface area contributed by atoms with Crippen molar-refractivity contribution in [2.75, 3.05) is 13.2 Å². The van der Waals surface area contributed by atoms with Crippen molar-refractivity contribution in [1.29, 1.82) is 0 Å². The smallest absolute Gasteiger partial charge is 0.306 e. The number of esters is 1. The Morgan fingerprint density at radius 2 is 1.79 bits per heavy atom. The average molecular weight is 565 g/mol. The molecule has 0 bridgehead atoms. The first-order valence-corrected chi connectivity index (χ1v) is 15.4. The highest BCUT2D eigenvalue weighted by Gasteiger charge is 2.28. The van der Waals surface area contributed by atoms with Crippen LogP contribution in [0.25, 0.3) is 11.0 Å². The van der Waals surface area contributed by atoms with Crippen molar-refractivity contribution >= 4 is 22.9 Å². The standard InChI is InChI=1S/C35H40N4O3/c1-5-23-13-14-30(29-10-8-7-9-28(23)29)35(41)39-18-17-24-11-12-25(19-26(24)21-39)31(20-33(40)42-6-2)27-15-16-32-34(22(27)3)36-37-38(32)4/h11-16,19,31H,5-10,17-18,20-21H2,1-4H3. The Bertz CT molecular complexity index is 1670. The summed E-state index contributed by atoms with van der Waals surface area (Å²) in [6.07, 6.45) is 6.48. The van der Waals surface area contributed by atoms with Gasteiger partial charge in [0, 0.05) is 31.6 Å². The van der Waals surface area contributed by atoms with Crippen molar-refractivity contribution in [1.82, 2.24) is 19.9 Å². The average Bonchev–Trinajstić information content (AvgIpc) is 3.40. The first-order chi connectivity index (χ1) is 20.4. The molecule has 7 heteroatoms. The third-order valence-electron chi connectivity index (χ3n) is 9.31. The van der Waals surface area contributed by atoms with Crippen molar-refractivity contribution in [3.8, 4) is 0 Å². The van der Waals surface area contributed by atoms with Crippen LogP contribution in [0.4, 0.5) is 0 Å². The van der Waals surface area contributed by atoms with E-state index in [1.807, 2.05) is 31.9 Å². The Morgan fingerprint density at radius 1 is 0.976 bits per heavy atom. The summed E-state index contributed by atoms with van der Waals surface area (Å²) in [7, 11) is 1.88. The molecule has 7 nitrogen and oxygen atoms in total. The highest BCUT2D eigenvalue weighted by atomic mass is 16.5. The van der Waals surface area contributed by atoms with E-state index in [0.717, 1.165) is 71.0 Å². The lowest BCUT2D eigenvalue weighted by molar-refractivity contribution is -0.143. The molecule has 1 aliphatic heterocycles. The van der Waals surface area contributed by atoms with Gasteiger partial charge in [0.15, 0.2) is 0 Å². The highest BCUT2D eigenvalue weighted by molar-refractivity contribution is 5.96. The second kappa shape index (κ2) is 11.7. The zero-order chi connectivity index (χ0) is 29.4. The molecule has 4 aromatic rings. The number of amides is 1. The molecule has 218 valence electrons. The fourth-order valence-corrected chi connectivity index (χ4v) is 7.03. The molecular weight excluding hydrogens is 524 g/mol. The maximum atomic E-state index is 14.0. The summed E-state index contributed by atoms with van der Waals surface area (Å²) >= 11 is 0. The van der Waals surface area contributed by atoms with Crippen molar-refractivity contribution < 1.29 is 14.3 Å². The van der Waals surface area contributed by atoms with Crippen LogP contribution in [-0.2, 0) is 48.8 Å². The van der Waals surface area contributed by atoms with Gasteiger partial charge in [-0.1, -0.05) is 42.5 Å². The molecule has 1 amide bonds. The SMILES string of the molecule is CCOC(=O)CC(c1ccc2c(c1)CN(C(=O)c1ccc(CC)c3c1CCCC3)CC2)c1ccc2c(nnn2C)c1C. The molecule has 0 saturated heterocycles. The second-order valence-corrected chi connectivity index (χ2v) is 11.7. The molecule has 1 aromatic heterocycles. The topological polar surface area (TPSA) is 77.3 Å².